The summed E-state index contributed by atoms with van der Waals surface area (Å²) in [7, 11) is 0. The molecule has 0 aliphatic carbocycles. The molecule has 21 heavy (non-hydrogen) atoms. The Kier molecular flexibility index (Phi) is 11.8. The van der Waals surface area contributed by atoms with Crippen molar-refractivity contribution in [3.63, 3.8) is 0 Å². The van der Waals surface area contributed by atoms with Crippen molar-refractivity contribution in [2.24, 2.45) is 5.73 Å². The molecule has 0 heterocycles. The van der Waals surface area contributed by atoms with Gasteiger partial charge in [0, 0.05) is 5.56 Å². The SMILES string of the molecule is CCC.NCC(=O)c1ccccc1.OCc1ccccc1. The summed E-state index contributed by atoms with van der Waals surface area (Å²) in [5, 5.41) is 8.54. The zero-order valence-electron chi connectivity index (χ0n) is 12.8. The summed E-state index contributed by atoms with van der Waals surface area (Å²) >= 11 is 0. The molecular formula is C18H25NO2. The van der Waals surface area contributed by atoms with Gasteiger partial charge in [-0.25, -0.2) is 0 Å². The fourth-order valence-corrected chi connectivity index (χ4v) is 1.33. The standard InChI is InChI=1S/C8H9NO.C7H8O.C3H8/c9-6-8(10)7-4-2-1-3-5-7;8-6-7-4-2-1-3-5-7;1-3-2/h1-5H,6,9H2;1-5,8H,6H2;3H2,1-2H3. The fourth-order valence-electron chi connectivity index (χ4n) is 1.33. The smallest absolute Gasteiger partial charge is 0.176 e. The Bertz CT molecular complexity index is 469. The molecule has 0 unspecified atom stereocenters. The van der Waals surface area contributed by atoms with Crippen LogP contribution in [-0.2, 0) is 6.61 Å². The monoisotopic (exact) mass is 287 g/mol. The van der Waals surface area contributed by atoms with Crippen molar-refractivity contribution < 1.29 is 9.90 Å². The summed E-state index contributed by atoms with van der Waals surface area (Å²) in [5.74, 6) is -0.0133. The van der Waals surface area contributed by atoms with E-state index >= 15 is 0 Å². The zero-order chi connectivity index (χ0) is 15.9. The Morgan fingerprint density at radius 2 is 1.38 bits per heavy atom. The lowest BCUT2D eigenvalue weighted by Crippen LogP contribution is -2.12. The van der Waals surface area contributed by atoms with Crippen molar-refractivity contribution in [2.75, 3.05) is 6.54 Å². The third kappa shape index (κ3) is 9.55. The number of Topliss-reactive ketones (excluding diaryl/α,β-unsaturated/α-hetero) is 1. The van der Waals surface area contributed by atoms with Gasteiger partial charge in [-0.1, -0.05) is 80.9 Å². The molecule has 3 heteroatoms. The molecule has 3 N–H and O–H groups in total. The Morgan fingerprint density at radius 3 is 1.71 bits per heavy atom. The van der Waals surface area contributed by atoms with Crippen LogP contribution in [0, 0.1) is 0 Å². The van der Waals surface area contributed by atoms with Crippen LogP contribution < -0.4 is 5.73 Å². The van der Waals surface area contributed by atoms with Crippen LogP contribution in [0.1, 0.15) is 36.2 Å². The molecule has 2 rings (SSSR count). The number of nitrogens with two attached hydrogens (primary N) is 1. The van der Waals surface area contributed by atoms with Gasteiger partial charge in [0.05, 0.1) is 13.2 Å². The number of hydrogen-bond donors (Lipinski definition) is 2. The van der Waals surface area contributed by atoms with Crippen LogP contribution in [0.5, 0.6) is 0 Å². The topological polar surface area (TPSA) is 63.3 Å². The van der Waals surface area contributed by atoms with Crippen molar-refractivity contribution in [3.05, 3.63) is 71.8 Å². The summed E-state index contributed by atoms with van der Waals surface area (Å²) in [6, 6.07) is 18.6. The highest BCUT2D eigenvalue weighted by Crippen LogP contribution is 1.97. The molecule has 2 aromatic carbocycles. The second-order valence-electron chi connectivity index (χ2n) is 4.34. The predicted octanol–water partition coefficient (Wildman–Crippen LogP) is 3.42. The molecule has 0 fully saturated rings. The molecule has 0 aromatic heterocycles. The molecule has 0 aliphatic rings. The average molecular weight is 287 g/mol. The van der Waals surface area contributed by atoms with Crippen LogP contribution >= 0.6 is 0 Å². The number of rotatable bonds is 3. The maximum absolute atomic E-state index is 10.9. The van der Waals surface area contributed by atoms with Crippen molar-refractivity contribution in [2.45, 2.75) is 26.9 Å². The van der Waals surface area contributed by atoms with E-state index in [4.69, 9.17) is 10.8 Å². The number of aliphatic hydroxyl groups excluding tert-OH is 1. The zero-order valence-corrected chi connectivity index (χ0v) is 12.8. The number of benzene rings is 2. The minimum atomic E-state index is -0.0133. The Hall–Kier alpha value is -1.97. The van der Waals surface area contributed by atoms with Gasteiger partial charge in [-0.2, -0.15) is 0 Å². The van der Waals surface area contributed by atoms with Gasteiger partial charge in [-0.15, -0.1) is 0 Å². The van der Waals surface area contributed by atoms with Crippen LogP contribution in [0.15, 0.2) is 60.7 Å². The van der Waals surface area contributed by atoms with Crippen LogP contribution in [0.3, 0.4) is 0 Å². The summed E-state index contributed by atoms with van der Waals surface area (Å²) in [4.78, 5) is 10.9. The molecule has 0 amide bonds. The number of hydrogen-bond acceptors (Lipinski definition) is 3. The predicted molar refractivity (Wildman–Crippen MR) is 88.2 cm³/mol. The number of ketones is 1. The Balaban J connectivity index is 0.000000327. The summed E-state index contributed by atoms with van der Waals surface area (Å²) < 4.78 is 0. The maximum atomic E-state index is 10.9. The van der Waals surface area contributed by atoms with Crippen molar-refractivity contribution in [1.29, 1.82) is 0 Å². The minimum Gasteiger partial charge on any atom is -0.392 e. The average Bonchev–Trinajstić information content (AvgIpc) is 2.57. The number of carbonyl (C=O) groups excluding carboxylic acids is 1. The first-order chi connectivity index (χ1) is 10.2. The summed E-state index contributed by atoms with van der Waals surface area (Å²) in [5.41, 5.74) is 6.80. The van der Waals surface area contributed by atoms with Gasteiger partial charge in [0.15, 0.2) is 5.78 Å². The molecule has 0 saturated carbocycles. The van der Waals surface area contributed by atoms with Gasteiger partial charge in [0.1, 0.15) is 0 Å². The van der Waals surface area contributed by atoms with Gasteiger partial charge < -0.3 is 10.8 Å². The van der Waals surface area contributed by atoms with E-state index in [1.807, 2.05) is 48.5 Å². The molecule has 0 bridgehead atoms. The van der Waals surface area contributed by atoms with Crippen molar-refractivity contribution >= 4 is 5.78 Å². The van der Waals surface area contributed by atoms with E-state index in [9.17, 15) is 4.79 Å². The lowest BCUT2D eigenvalue weighted by Gasteiger charge is -1.93. The Morgan fingerprint density at radius 1 is 0.952 bits per heavy atom. The highest BCUT2D eigenvalue weighted by molar-refractivity contribution is 5.97. The largest absolute Gasteiger partial charge is 0.392 e. The summed E-state index contributed by atoms with van der Waals surface area (Å²) in [6.45, 7) is 4.48. The van der Waals surface area contributed by atoms with Crippen LogP contribution in [-0.4, -0.2) is 17.4 Å². The Labute approximate surface area is 127 Å². The fraction of sp³-hybridized carbons (Fsp3) is 0.278. The molecule has 0 radical (unpaired) electrons. The number of carbonyl (C=O) groups is 1. The molecule has 0 aliphatic heterocycles. The molecule has 114 valence electrons. The van der Waals surface area contributed by atoms with E-state index < -0.39 is 0 Å². The lowest BCUT2D eigenvalue weighted by atomic mass is 10.1. The highest BCUT2D eigenvalue weighted by atomic mass is 16.3. The lowest BCUT2D eigenvalue weighted by molar-refractivity contribution is 0.100. The van der Waals surface area contributed by atoms with E-state index in [0.29, 0.717) is 5.56 Å². The highest BCUT2D eigenvalue weighted by Gasteiger charge is 1.98. The van der Waals surface area contributed by atoms with Gasteiger partial charge in [0.2, 0.25) is 0 Å². The van der Waals surface area contributed by atoms with Gasteiger partial charge >= 0.3 is 0 Å². The molecule has 2 aromatic rings. The van der Waals surface area contributed by atoms with E-state index in [0.717, 1.165) is 5.56 Å². The molecular weight excluding hydrogens is 262 g/mol. The van der Waals surface area contributed by atoms with Crippen LogP contribution in [0.2, 0.25) is 0 Å². The van der Waals surface area contributed by atoms with Gasteiger partial charge in [-0.05, 0) is 5.56 Å². The van der Waals surface area contributed by atoms with E-state index in [-0.39, 0.29) is 18.9 Å². The van der Waals surface area contributed by atoms with Gasteiger partial charge in [-0.3, -0.25) is 4.79 Å². The maximum Gasteiger partial charge on any atom is 0.176 e. The van der Waals surface area contributed by atoms with Crippen molar-refractivity contribution in [3.8, 4) is 0 Å². The third-order valence-electron chi connectivity index (χ3n) is 2.31. The quantitative estimate of drug-likeness (QED) is 0.850. The van der Waals surface area contributed by atoms with Crippen molar-refractivity contribution in [1.82, 2.24) is 0 Å². The first kappa shape index (κ1) is 19.0. The van der Waals surface area contributed by atoms with E-state index in [1.54, 1.807) is 12.1 Å². The van der Waals surface area contributed by atoms with Crippen LogP contribution in [0.4, 0.5) is 0 Å². The molecule has 0 spiro atoms. The first-order valence-electron chi connectivity index (χ1n) is 7.12. The third-order valence-corrected chi connectivity index (χ3v) is 2.31. The van der Waals surface area contributed by atoms with E-state index in [1.165, 1.54) is 6.42 Å². The summed E-state index contributed by atoms with van der Waals surface area (Å²) in [6.07, 6.45) is 1.25. The molecule has 0 atom stereocenters. The molecule has 0 saturated heterocycles. The van der Waals surface area contributed by atoms with Gasteiger partial charge in [0.25, 0.3) is 0 Å². The second-order valence-corrected chi connectivity index (χ2v) is 4.34. The van der Waals surface area contributed by atoms with E-state index in [2.05, 4.69) is 13.8 Å². The minimum absolute atomic E-state index is 0.0133. The molecule has 3 nitrogen and oxygen atoms in total. The normalized spacial score (nSPS) is 8.76. The first-order valence-corrected chi connectivity index (χ1v) is 7.12. The number of aliphatic hydroxyl groups is 1. The van der Waals surface area contributed by atoms with Crippen LogP contribution in [0.25, 0.3) is 0 Å². The second kappa shape index (κ2) is 13.0.